The number of nitrogens with two attached hydrogens (primary N) is 1. The molecule has 1 unspecified atom stereocenters. The van der Waals surface area contributed by atoms with Crippen LogP contribution in [0.25, 0.3) is 0 Å². The molecule has 0 aromatic heterocycles. The van der Waals surface area contributed by atoms with Crippen molar-refractivity contribution in [1.82, 2.24) is 10.3 Å². The van der Waals surface area contributed by atoms with Gasteiger partial charge in [0.15, 0.2) is 0 Å². The number of nitrogens with zero attached hydrogens (tertiary/aromatic N) is 1. The molecule has 0 aliphatic carbocycles. The lowest BCUT2D eigenvalue weighted by atomic mass is 9.80. The molecule has 4 heteroatoms. The van der Waals surface area contributed by atoms with Crippen LogP contribution in [0.4, 0.5) is 0 Å². The van der Waals surface area contributed by atoms with Gasteiger partial charge in [0.05, 0.1) is 0 Å². The van der Waals surface area contributed by atoms with Crippen molar-refractivity contribution in [2.24, 2.45) is 5.84 Å². The summed E-state index contributed by atoms with van der Waals surface area (Å²) >= 11 is 3.55. The van der Waals surface area contributed by atoms with E-state index >= 15 is 0 Å². The highest BCUT2D eigenvalue weighted by Crippen LogP contribution is 2.30. The first-order valence-corrected chi connectivity index (χ1v) is 8.82. The number of halogens is 1. The Labute approximate surface area is 138 Å². The molecule has 1 aromatic rings. The second-order valence-electron chi connectivity index (χ2n) is 5.54. The molecule has 0 saturated carbocycles. The molecular weight excluding hydrogens is 326 g/mol. The summed E-state index contributed by atoms with van der Waals surface area (Å²) in [7, 11) is 0. The monoisotopic (exact) mass is 355 g/mol. The summed E-state index contributed by atoms with van der Waals surface area (Å²) in [6.07, 6.45) is 3.12. The van der Waals surface area contributed by atoms with Gasteiger partial charge in [0, 0.05) is 16.1 Å². The fourth-order valence-corrected chi connectivity index (χ4v) is 4.01. The number of benzene rings is 1. The van der Waals surface area contributed by atoms with Crippen LogP contribution in [0.1, 0.15) is 46.1 Å². The van der Waals surface area contributed by atoms with E-state index in [2.05, 4.69) is 78.2 Å². The molecule has 1 rings (SSSR count). The summed E-state index contributed by atoms with van der Waals surface area (Å²) in [4.78, 5) is 2.55. The third-order valence-electron chi connectivity index (χ3n) is 4.80. The Morgan fingerprint density at radius 3 is 2.24 bits per heavy atom. The maximum absolute atomic E-state index is 5.95. The van der Waals surface area contributed by atoms with Crippen LogP contribution in [0.15, 0.2) is 28.7 Å². The van der Waals surface area contributed by atoms with Crippen LogP contribution >= 0.6 is 15.9 Å². The molecule has 0 radical (unpaired) electrons. The molecular formula is C17H30BrN3. The van der Waals surface area contributed by atoms with Gasteiger partial charge in [0.1, 0.15) is 0 Å². The van der Waals surface area contributed by atoms with Crippen molar-refractivity contribution >= 4 is 15.9 Å². The number of hydrazine groups is 1. The molecule has 3 nitrogen and oxygen atoms in total. The summed E-state index contributed by atoms with van der Waals surface area (Å²) in [6, 6.07) is 8.74. The Kier molecular flexibility index (Phi) is 7.88. The van der Waals surface area contributed by atoms with E-state index < -0.39 is 0 Å². The smallest absolute Gasteiger partial charge is 0.0434 e. The van der Waals surface area contributed by atoms with Gasteiger partial charge in [0.25, 0.3) is 0 Å². The minimum Gasteiger partial charge on any atom is -0.297 e. The van der Waals surface area contributed by atoms with Crippen LogP contribution in [0.3, 0.4) is 0 Å². The Morgan fingerprint density at radius 1 is 1.19 bits per heavy atom. The first-order chi connectivity index (χ1) is 10.1. The van der Waals surface area contributed by atoms with Gasteiger partial charge in [-0.15, -0.1) is 0 Å². The van der Waals surface area contributed by atoms with E-state index in [-0.39, 0.29) is 11.6 Å². The van der Waals surface area contributed by atoms with E-state index in [0.717, 1.165) is 36.8 Å². The minimum absolute atomic E-state index is 0.0978. The van der Waals surface area contributed by atoms with Crippen molar-refractivity contribution in [1.29, 1.82) is 0 Å². The predicted octanol–water partition coefficient (Wildman–Crippen LogP) is 3.72. The number of nitrogens with one attached hydrogen (secondary N) is 1. The second kappa shape index (κ2) is 8.89. The number of hydrogen-bond acceptors (Lipinski definition) is 3. The predicted molar refractivity (Wildman–Crippen MR) is 95.2 cm³/mol. The summed E-state index contributed by atoms with van der Waals surface area (Å²) < 4.78 is 1.12. The molecule has 120 valence electrons. The van der Waals surface area contributed by atoms with Gasteiger partial charge in [-0.3, -0.25) is 16.2 Å². The van der Waals surface area contributed by atoms with Crippen LogP contribution in [0.5, 0.6) is 0 Å². The van der Waals surface area contributed by atoms with E-state index in [4.69, 9.17) is 5.84 Å². The van der Waals surface area contributed by atoms with Gasteiger partial charge in [-0.1, -0.05) is 55.8 Å². The molecule has 1 aromatic carbocycles. The molecule has 0 saturated heterocycles. The lowest BCUT2D eigenvalue weighted by molar-refractivity contribution is 0.0492. The quantitative estimate of drug-likeness (QED) is 0.523. The first kappa shape index (κ1) is 18.6. The maximum atomic E-state index is 5.95. The SMILES string of the molecule is CCN(CC)C(CC)(CC)C(Cc1cccc(Br)c1)NN. The van der Waals surface area contributed by atoms with E-state index in [1.807, 2.05) is 0 Å². The van der Waals surface area contributed by atoms with E-state index in [1.54, 1.807) is 0 Å². The summed E-state index contributed by atoms with van der Waals surface area (Å²) in [5.74, 6) is 5.95. The van der Waals surface area contributed by atoms with Crippen LogP contribution in [-0.2, 0) is 6.42 Å². The van der Waals surface area contributed by atoms with Gasteiger partial charge in [-0.25, -0.2) is 0 Å². The van der Waals surface area contributed by atoms with Crippen molar-refractivity contribution in [3.05, 3.63) is 34.3 Å². The van der Waals surface area contributed by atoms with Gasteiger partial charge in [-0.2, -0.15) is 0 Å². The number of likely N-dealkylation sites (N-methyl/N-ethyl adjacent to an activating group) is 1. The molecule has 0 bridgehead atoms. The number of hydrogen-bond donors (Lipinski definition) is 2. The third kappa shape index (κ3) is 4.28. The summed E-state index contributed by atoms with van der Waals surface area (Å²) in [5, 5.41) is 0. The van der Waals surface area contributed by atoms with Crippen molar-refractivity contribution in [3.63, 3.8) is 0 Å². The van der Waals surface area contributed by atoms with Crippen molar-refractivity contribution < 1.29 is 0 Å². The average Bonchev–Trinajstić information content (AvgIpc) is 2.51. The molecule has 0 aliphatic rings. The third-order valence-corrected chi connectivity index (χ3v) is 5.29. The van der Waals surface area contributed by atoms with Crippen molar-refractivity contribution in [3.8, 4) is 0 Å². The zero-order chi connectivity index (χ0) is 15.9. The minimum atomic E-state index is 0.0978. The Hall–Kier alpha value is -0.420. The molecule has 0 heterocycles. The molecule has 3 N–H and O–H groups in total. The van der Waals surface area contributed by atoms with Crippen LogP contribution in [0, 0.1) is 0 Å². The van der Waals surface area contributed by atoms with Gasteiger partial charge in [0.2, 0.25) is 0 Å². The van der Waals surface area contributed by atoms with Crippen LogP contribution in [0.2, 0.25) is 0 Å². The standard InChI is InChI=1S/C17H30BrN3/c1-5-17(6-2,21(7-3)8-4)16(20-19)13-14-10-9-11-15(18)12-14/h9-12,16,20H,5-8,13,19H2,1-4H3. The molecule has 21 heavy (non-hydrogen) atoms. The lowest BCUT2D eigenvalue weighted by Gasteiger charge is -2.48. The van der Waals surface area contributed by atoms with Crippen molar-refractivity contribution in [2.45, 2.75) is 58.5 Å². The summed E-state index contributed by atoms with van der Waals surface area (Å²) in [5.41, 5.74) is 4.51. The van der Waals surface area contributed by atoms with Gasteiger partial charge < -0.3 is 0 Å². The molecule has 0 fully saturated rings. The average molecular weight is 356 g/mol. The molecule has 0 aliphatic heterocycles. The Morgan fingerprint density at radius 2 is 1.81 bits per heavy atom. The Balaban J connectivity index is 3.07. The second-order valence-corrected chi connectivity index (χ2v) is 6.45. The highest BCUT2D eigenvalue weighted by atomic mass is 79.9. The highest BCUT2D eigenvalue weighted by Gasteiger charge is 2.39. The van der Waals surface area contributed by atoms with Crippen LogP contribution < -0.4 is 11.3 Å². The van der Waals surface area contributed by atoms with Crippen molar-refractivity contribution in [2.75, 3.05) is 13.1 Å². The van der Waals surface area contributed by atoms with E-state index in [1.165, 1.54) is 5.56 Å². The summed E-state index contributed by atoms with van der Waals surface area (Å²) in [6.45, 7) is 11.1. The Bertz CT molecular complexity index is 414. The molecule has 1 atom stereocenters. The topological polar surface area (TPSA) is 41.3 Å². The molecule has 0 spiro atoms. The highest BCUT2D eigenvalue weighted by molar-refractivity contribution is 9.10. The fourth-order valence-electron chi connectivity index (χ4n) is 3.57. The van der Waals surface area contributed by atoms with E-state index in [9.17, 15) is 0 Å². The largest absolute Gasteiger partial charge is 0.297 e. The zero-order valence-corrected chi connectivity index (χ0v) is 15.4. The van der Waals surface area contributed by atoms with Gasteiger partial charge >= 0.3 is 0 Å². The first-order valence-electron chi connectivity index (χ1n) is 8.03. The fraction of sp³-hybridized carbons (Fsp3) is 0.647. The zero-order valence-electron chi connectivity index (χ0n) is 13.8. The number of rotatable bonds is 9. The van der Waals surface area contributed by atoms with Gasteiger partial charge in [-0.05, 0) is 50.0 Å². The van der Waals surface area contributed by atoms with Crippen LogP contribution in [-0.4, -0.2) is 29.6 Å². The lowest BCUT2D eigenvalue weighted by Crippen LogP contribution is -2.63. The normalized spacial score (nSPS) is 13.7. The van der Waals surface area contributed by atoms with E-state index in [0.29, 0.717) is 0 Å². The maximum Gasteiger partial charge on any atom is 0.0434 e. The molecule has 0 amide bonds.